The molecular weight excluding hydrogens is 311 g/mol. The summed E-state index contributed by atoms with van der Waals surface area (Å²) >= 11 is 0. The fourth-order valence-corrected chi connectivity index (χ4v) is 2.81. The summed E-state index contributed by atoms with van der Waals surface area (Å²) in [4.78, 5) is 23.6. The highest BCUT2D eigenvalue weighted by Gasteiger charge is 2.27. The minimum absolute atomic E-state index is 0.0800. The molecule has 5 nitrogen and oxygen atoms in total. The van der Waals surface area contributed by atoms with Gasteiger partial charge in [0.05, 0.1) is 18.5 Å². The molecule has 0 fully saturated rings. The Morgan fingerprint density at radius 2 is 2.00 bits per heavy atom. The summed E-state index contributed by atoms with van der Waals surface area (Å²) < 4.78 is 20.9. The molecule has 0 saturated carbocycles. The standard InChI is InChI=1S/C18H19FN2O3/c1-10-7-16(14-6-5-13(24-4)8-15(14)19)21(17(10)9-22)18(11(2)20)12(3)23/h5-9,18,20H,1-4H3. The van der Waals surface area contributed by atoms with Crippen LogP contribution in [0.1, 0.15) is 35.9 Å². The van der Waals surface area contributed by atoms with Gasteiger partial charge in [0, 0.05) is 17.3 Å². The van der Waals surface area contributed by atoms with E-state index in [1.54, 1.807) is 19.1 Å². The second-order valence-corrected chi connectivity index (χ2v) is 5.63. The van der Waals surface area contributed by atoms with Crippen LogP contribution in [-0.2, 0) is 4.79 Å². The Morgan fingerprint density at radius 1 is 1.33 bits per heavy atom. The van der Waals surface area contributed by atoms with Crippen LogP contribution in [0.4, 0.5) is 4.39 Å². The molecule has 24 heavy (non-hydrogen) atoms. The lowest BCUT2D eigenvalue weighted by Gasteiger charge is -2.20. The van der Waals surface area contributed by atoms with Gasteiger partial charge in [-0.2, -0.15) is 0 Å². The minimum atomic E-state index is -0.949. The first kappa shape index (κ1) is 17.6. The predicted octanol–water partition coefficient (Wildman–Crippen LogP) is 3.59. The molecular formula is C18H19FN2O3. The number of nitrogens with one attached hydrogen (secondary N) is 1. The first-order valence-corrected chi connectivity index (χ1v) is 7.38. The zero-order valence-corrected chi connectivity index (χ0v) is 14.0. The zero-order chi connectivity index (χ0) is 18.0. The third-order valence-electron chi connectivity index (χ3n) is 3.89. The van der Waals surface area contributed by atoms with Gasteiger partial charge in [0.15, 0.2) is 12.1 Å². The quantitative estimate of drug-likeness (QED) is 0.650. The lowest BCUT2D eigenvalue weighted by Crippen LogP contribution is -2.26. The van der Waals surface area contributed by atoms with E-state index in [2.05, 4.69) is 0 Å². The molecule has 0 radical (unpaired) electrons. The van der Waals surface area contributed by atoms with Crippen molar-refractivity contribution in [3.63, 3.8) is 0 Å². The number of benzene rings is 1. The van der Waals surface area contributed by atoms with Crippen LogP contribution in [-0.4, -0.2) is 29.5 Å². The molecule has 2 rings (SSSR count). The molecule has 0 spiro atoms. The Kier molecular flexibility index (Phi) is 4.97. The van der Waals surface area contributed by atoms with Crippen molar-refractivity contribution in [2.45, 2.75) is 26.8 Å². The zero-order valence-electron chi connectivity index (χ0n) is 14.0. The number of aryl methyl sites for hydroxylation is 1. The van der Waals surface area contributed by atoms with Crippen molar-refractivity contribution in [1.82, 2.24) is 4.57 Å². The Labute approximate surface area is 139 Å². The minimum Gasteiger partial charge on any atom is -0.497 e. The van der Waals surface area contributed by atoms with Gasteiger partial charge in [-0.3, -0.25) is 9.59 Å². The molecule has 1 atom stereocenters. The van der Waals surface area contributed by atoms with Crippen LogP contribution in [0.15, 0.2) is 24.3 Å². The Morgan fingerprint density at radius 3 is 2.46 bits per heavy atom. The molecule has 0 amide bonds. The third-order valence-corrected chi connectivity index (χ3v) is 3.89. The van der Waals surface area contributed by atoms with Gasteiger partial charge in [0.1, 0.15) is 17.6 Å². The summed E-state index contributed by atoms with van der Waals surface area (Å²) in [6.07, 6.45) is 0.624. The SMILES string of the molecule is COc1ccc(-c2cc(C)c(C=O)n2C(C(C)=N)C(C)=O)c(F)c1. The summed E-state index contributed by atoms with van der Waals surface area (Å²) in [7, 11) is 1.44. The van der Waals surface area contributed by atoms with Gasteiger partial charge in [0.25, 0.3) is 0 Å². The number of nitrogens with zero attached hydrogens (tertiary/aromatic N) is 1. The summed E-state index contributed by atoms with van der Waals surface area (Å²) in [6.45, 7) is 4.55. The number of Topliss-reactive ketones (excluding diaryl/α,β-unsaturated/α-hetero) is 1. The van der Waals surface area contributed by atoms with Gasteiger partial charge in [-0.05, 0) is 44.5 Å². The predicted molar refractivity (Wildman–Crippen MR) is 89.6 cm³/mol. The molecule has 126 valence electrons. The number of aldehydes is 1. The average molecular weight is 330 g/mol. The van der Waals surface area contributed by atoms with E-state index < -0.39 is 11.9 Å². The van der Waals surface area contributed by atoms with E-state index in [-0.39, 0.29) is 22.8 Å². The molecule has 1 N–H and O–H groups in total. The maximum atomic E-state index is 14.5. The number of hydrogen-bond donors (Lipinski definition) is 1. The lowest BCUT2D eigenvalue weighted by molar-refractivity contribution is -0.118. The Balaban J connectivity index is 2.78. The van der Waals surface area contributed by atoms with Crippen molar-refractivity contribution in [3.05, 3.63) is 41.3 Å². The summed E-state index contributed by atoms with van der Waals surface area (Å²) in [5, 5.41) is 7.91. The number of aromatic nitrogens is 1. The van der Waals surface area contributed by atoms with Crippen molar-refractivity contribution in [1.29, 1.82) is 5.41 Å². The number of carbonyl (C=O) groups is 2. The maximum absolute atomic E-state index is 14.5. The van der Waals surface area contributed by atoms with Crippen molar-refractivity contribution >= 4 is 17.8 Å². The van der Waals surface area contributed by atoms with Crippen molar-refractivity contribution < 1.29 is 18.7 Å². The highest BCUT2D eigenvalue weighted by molar-refractivity contribution is 6.05. The van der Waals surface area contributed by atoms with Gasteiger partial charge in [0.2, 0.25) is 0 Å². The van der Waals surface area contributed by atoms with Gasteiger partial charge in [-0.25, -0.2) is 4.39 Å². The number of hydrogen-bond acceptors (Lipinski definition) is 4. The van der Waals surface area contributed by atoms with E-state index in [1.165, 1.54) is 37.7 Å². The molecule has 0 aliphatic carbocycles. The van der Waals surface area contributed by atoms with Crippen molar-refractivity contribution in [2.24, 2.45) is 0 Å². The van der Waals surface area contributed by atoms with Crippen LogP contribution in [0.3, 0.4) is 0 Å². The molecule has 0 aliphatic rings. The normalized spacial score (nSPS) is 11.9. The Bertz CT molecular complexity index is 810. The highest BCUT2D eigenvalue weighted by Crippen LogP contribution is 2.32. The summed E-state index contributed by atoms with van der Waals surface area (Å²) in [5.74, 6) is -0.458. The number of rotatable bonds is 6. The molecule has 6 heteroatoms. The van der Waals surface area contributed by atoms with Crippen LogP contribution in [0, 0.1) is 18.2 Å². The van der Waals surface area contributed by atoms with Crippen LogP contribution < -0.4 is 4.74 Å². The number of methoxy groups -OCH3 is 1. The summed E-state index contributed by atoms with van der Waals surface area (Å²) in [5.41, 5.74) is 1.56. The van der Waals surface area contributed by atoms with Crippen molar-refractivity contribution in [2.75, 3.05) is 7.11 Å². The van der Waals surface area contributed by atoms with E-state index in [1.807, 2.05) is 0 Å². The molecule has 0 bridgehead atoms. The molecule has 1 heterocycles. The second kappa shape index (κ2) is 6.78. The summed E-state index contributed by atoms with van der Waals surface area (Å²) in [6, 6.07) is 5.07. The molecule has 1 aromatic heterocycles. The number of ketones is 1. The lowest BCUT2D eigenvalue weighted by atomic mass is 10.1. The smallest absolute Gasteiger partial charge is 0.166 e. The van der Waals surface area contributed by atoms with Gasteiger partial charge < -0.3 is 14.7 Å². The number of halogens is 1. The molecule has 0 saturated heterocycles. The van der Waals surface area contributed by atoms with E-state index in [4.69, 9.17) is 10.1 Å². The van der Waals surface area contributed by atoms with Crippen molar-refractivity contribution in [3.8, 4) is 17.0 Å². The molecule has 1 unspecified atom stereocenters. The fourth-order valence-electron chi connectivity index (χ4n) is 2.81. The average Bonchev–Trinajstić information content (AvgIpc) is 2.82. The van der Waals surface area contributed by atoms with Gasteiger partial charge in [-0.1, -0.05) is 0 Å². The van der Waals surface area contributed by atoms with Gasteiger partial charge >= 0.3 is 0 Å². The highest BCUT2D eigenvalue weighted by atomic mass is 19.1. The molecule has 1 aromatic carbocycles. The van der Waals surface area contributed by atoms with E-state index in [9.17, 15) is 14.0 Å². The first-order valence-electron chi connectivity index (χ1n) is 7.38. The first-order chi connectivity index (χ1) is 11.3. The molecule has 0 aliphatic heterocycles. The van der Waals surface area contributed by atoms with E-state index in [0.29, 0.717) is 23.3 Å². The molecule has 2 aromatic rings. The van der Waals surface area contributed by atoms with E-state index >= 15 is 0 Å². The third kappa shape index (κ3) is 2.99. The van der Waals surface area contributed by atoms with Crippen LogP contribution in [0.5, 0.6) is 5.75 Å². The van der Waals surface area contributed by atoms with Gasteiger partial charge in [-0.15, -0.1) is 0 Å². The number of ether oxygens (including phenoxy) is 1. The topological polar surface area (TPSA) is 72.2 Å². The Hall–Kier alpha value is -2.76. The largest absolute Gasteiger partial charge is 0.497 e. The van der Waals surface area contributed by atoms with Crippen LogP contribution in [0.2, 0.25) is 0 Å². The van der Waals surface area contributed by atoms with Crippen LogP contribution >= 0.6 is 0 Å². The fraction of sp³-hybridized carbons (Fsp3) is 0.278. The van der Waals surface area contributed by atoms with E-state index in [0.717, 1.165) is 0 Å². The monoisotopic (exact) mass is 330 g/mol. The van der Waals surface area contributed by atoms with Crippen LogP contribution in [0.25, 0.3) is 11.3 Å². The second-order valence-electron chi connectivity index (χ2n) is 5.63. The maximum Gasteiger partial charge on any atom is 0.166 e. The number of carbonyl (C=O) groups excluding carboxylic acids is 2.